The summed E-state index contributed by atoms with van der Waals surface area (Å²) in [7, 11) is 0. The van der Waals surface area contributed by atoms with Crippen LogP contribution in [-0.2, 0) is 0 Å². The van der Waals surface area contributed by atoms with E-state index in [0.717, 1.165) is 4.90 Å². The molecule has 0 saturated heterocycles. The molecular formula is C8H17F3N2O. The lowest BCUT2D eigenvalue weighted by Gasteiger charge is -2.24. The van der Waals surface area contributed by atoms with E-state index >= 15 is 0 Å². The molecule has 0 radical (unpaired) electrons. The van der Waals surface area contributed by atoms with Crippen LogP contribution in [-0.4, -0.2) is 48.5 Å². The first-order chi connectivity index (χ1) is 6.39. The zero-order valence-corrected chi connectivity index (χ0v) is 8.22. The normalized spacial score (nSPS) is 14.8. The molecule has 0 fully saturated rings. The fourth-order valence-corrected chi connectivity index (χ4v) is 1.18. The summed E-state index contributed by atoms with van der Waals surface area (Å²) in [5, 5.41) is 9.12. The highest BCUT2D eigenvalue weighted by molar-refractivity contribution is 4.68. The van der Waals surface area contributed by atoms with Gasteiger partial charge in [0.05, 0.1) is 12.6 Å². The average molecular weight is 214 g/mol. The van der Waals surface area contributed by atoms with Gasteiger partial charge in [-0.05, 0) is 13.0 Å². The number of rotatable bonds is 6. The molecule has 3 N–H and O–H groups in total. The molecule has 3 nitrogen and oxygen atoms in total. The highest BCUT2D eigenvalue weighted by Gasteiger charge is 2.30. The zero-order valence-electron chi connectivity index (χ0n) is 8.22. The molecule has 0 saturated carbocycles. The van der Waals surface area contributed by atoms with Crippen LogP contribution in [0, 0.1) is 0 Å². The van der Waals surface area contributed by atoms with Crippen molar-refractivity contribution in [3.05, 3.63) is 0 Å². The first kappa shape index (κ1) is 13.7. The molecule has 0 aliphatic carbocycles. The fourth-order valence-electron chi connectivity index (χ4n) is 1.18. The Balaban J connectivity index is 4.01. The number of hydrogen-bond donors (Lipinski definition) is 2. The maximum Gasteiger partial charge on any atom is 0.401 e. The number of halogens is 3. The van der Waals surface area contributed by atoms with Crippen LogP contribution >= 0.6 is 0 Å². The summed E-state index contributed by atoms with van der Waals surface area (Å²) in [4.78, 5) is 1.16. The van der Waals surface area contributed by atoms with Crippen LogP contribution in [0.2, 0.25) is 0 Å². The van der Waals surface area contributed by atoms with Gasteiger partial charge in [-0.25, -0.2) is 0 Å². The minimum Gasteiger partial charge on any atom is -0.390 e. The van der Waals surface area contributed by atoms with Gasteiger partial charge in [-0.15, -0.1) is 0 Å². The quantitative estimate of drug-likeness (QED) is 0.680. The molecule has 6 heteroatoms. The van der Waals surface area contributed by atoms with E-state index in [4.69, 9.17) is 10.8 Å². The van der Waals surface area contributed by atoms with Crippen LogP contribution in [0.25, 0.3) is 0 Å². The smallest absolute Gasteiger partial charge is 0.390 e. The third kappa shape index (κ3) is 7.11. The van der Waals surface area contributed by atoms with E-state index in [0.29, 0.717) is 13.0 Å². The Labute approximate surface area is 81.7 Å². The van der Waals surface area contributed by atoms with Gasteiger partial charge in [0, 0.05) is 13.1 Å². The maximum atomic E-state index is 12.0. The Kier molecular flexibility index (Phi) is 6.06. The predicted molar refractivity (Wildman–Crippen MR) is 47.8 cm³/mol. The molecular weight excluding hydrogens is 197 g/mol. The van der Waals surface area contributed by atoms with Gasteiger partial charge < -0.3 is 10.8 Å². The fraction of sp³-hybridized carbons (Fsp3) is 1.00. The molecule has 86 valence electrons. The highest BCUT2D eigenvalue weighted by atomic mass is 19.4. The van der Waals surface area contributed by atoms with E-state index in [9.17, 15) is 13.2 Å². The Morgan fingerprint density at radius 2 is 2.00 bits per heavy atom. The van der Waals surface area contributed by atoms with Crippen molar-refractivity contribution < 1.29 is 18.3 Å². The number of aliphatic hydroxyl groups is 1. The van der Waals surface area contributed by atoms with E-state index in [-0.39, 0.29) is 13.1 Å². The predicted octanol–water partition coefficient (Wildman–Crippen LogP) is 0.580. The van der Waals surface area contributed by atoms with Crippen molar-refractivity contribution in [3.8, 4) is 0 Å². The summed E-state index contributed by atoms with van der Waals surface area (Å²) >= 11 is 0. The van der Waals surface area contributed by atoms with Gasteiger partial charge in [-0.2, -0.15) is 13.2 Å². The third-order valence-corrected chi connectivity index (χ3v) is 1.68. The SMILES string of the molecule is CCCN(CC(O)CN)CC(F)(F)F. The van der Waals surface area contributed by atoms with E-state index in [1.165, 1.54) is 0 Å². The molecule has 1 atom stereocenters. The number of nitrogens with two attached hydrogens (primary N) is 1. The lowest BCUT2D eigenvalue weighted by atomic mass is 10.3. The number of nitrogens with zero attached hydrogens (tertiary/aromatic N) is 1. The number of alkyl halides is 3. The van der Waals surface area contributed by atoms with Gasteiger partial charge in [0.15, 0.2) is 0 Å². The number of aliphatic hydroxyl groups excluding tert-OH is 1. The Morgan fingerprint density at radius 1 is 1.43 bits per heavy atom. The molecule has 0 aromatic heterocycles. The molecule has 0 aliphatic heterocycles. The standard InChI is InChI=1S/C8H17F3N2O/c1-2-3-13(5-7(14)4-12)6-8(9,10)11/h7,14H,2-6,12H2,1H3. The average Bonchev–Trinajstić information content (AvgIpc) is 2.01. The Bertz CT molecular complexity index is 152. The Hall–Kier alpha value is -0.330. The number of hydrogen-bond acceptors (Lipinski definition) is 3. The first-order valence-corrected chi connectivity index (χ1v) is 4.56. The molecule has 0 aliphatic rings. The minimum absolute atomic E-state index is 0.0158. The second-order valence-corrected chi connectivity index (χ2v) is 3.24. The topological polar surface area (TPSA) is 49.5 Å². The van der Waals surface area contributed by atoms with Gasteiger partial charge in [0.25, 0.3) is 0 Å². The lowest BCUT2D eigenvalue weighted by Crippen LogP contribution is -2.41. The molecule has 0 rings (SSSR count). The first-order valence-electron chi connectivity index (χ1n) is 4.56. The molecule has 0 spiro atoms. The summed E-state index contributed by atoms with van der Waals surface area (Å²) in [6, 6.07) is 0. The van der Waals surface area contributed by atoms with Crippen molar-refractivity contribution in [2.45, 2.75) is 25.6 Å². The molecule has 0 aromatic carbocycles. The Morgan fingerprint density at radius 3 is 2.36 bits per heavy atom. The third-order valence-electron chi connectivity index (χ3n) is 1.68. The van der Waals surface area contributed by atoms with E-state index in [1.54, 1.807) is 6.92 Å². The van der Waals surface area contributed by atoms with Crippen LogP contribution in [0.1, 0.15) is 13.3 Å². The van der Waals surface area contributed by atoms with Crippen molar-refractivity contribution in [3.63, 3.8) is 0 Å². The lowest BCUT2D eigenvalue weighted by molar-refractivity contribution is -0.148. The van der Waals surface area contributed by atoms with Crippen molar-refractivity contribution in [2.24, 2.45) is 5.73 Å². The zero-order chi connectivity index (χ0) is 11.2. The van der Waals surface area contributed by atoms with Crippen molar-refractivity contribution in [1.29, 1.82) is 0 Å². The van der Waals surface area contributed by atoms with Crippen LogP contribution in [0.3, 0.4) is 0 Å². The van der Waals surface area contributed by atoms with Gasteiger partial charge in [-0.1, -0.05) is 6.92 Å². The molecule has 0 amide bonds. The van der Waals surface area contributed by atoms with Crippen molar-refractivity contribution in [1.82, 2.24) is 4.90 Å². The van der Waals surface area contributed by atoms with E-state index in [2.05, 4.69) is 0 Å². The summed E-state index contributed by atoms with van der Waals surface area (Å²) in [6.07, 6.45) is -4.49. The molecule has 1 unspecified atom stereocenters. The summed E-state index contributed by atoms with van der Waals surface area (Å²) in [6.45, 7) is 1.08. The van der Waals surface area contributed by atoms with Crippen LogP contribution in [0.4, 0.5) is 13.2 Å². The molecule has 0 bridgehead atoms. The van der Waals surface area contributed by atoms with Gasteiger partial charge >= 0.3 is 6.18 Å². The van der Waals surface area contributed by atoms with Gasteiger partial charge in [0.1, 0.15) is 0 Å². The largest absolute Gasteiger partial charge is 0.401 e. The van der Waals surface area contributed by atoms with E-state index in [1.807, 2.05) is 0 Å². The van der Waals surface area contributed by atoms with Crippen LogP contribution in [0.15, 0.2) is 0 Å². The summed E-state index contributed by atoms with van der Waals surface area (Å²) < 4.78 is 36.1. The second kappa shape index (κ2) is 6.21. The van der Waals surface area contributed by atoms with Gasteiger partial charge in [0.2, 0.25) is 0 Å². The minimum atomic E-state index is -4.22. The van der Waals surface area contributed by atoms with Gasteiger partial charge in [-0.3, -0.25) is 4.90 Å². The highest BCUT2D eigenvalue weighted by Crippen LogP contribution is 2.16. The summed E-state index contributed by atoms with van der Waals surface area (Å²) in [5.74, 6) is 0. The molecule has 14 heavy (non-hydrogen) atoms. The molecule has 0 aromatic rings. The molecule has 0 heterocycles. The van der Waals surface area contributed by atoms with Crippen molar-refractivity contribution >= 4 is 0 Å². The van der Waals surface area contributed by atoms with E-state index < -0.39 is 18.8 Å². The maximum absolute atomic E-state index is 12.0. The van der Waals surface area contributed by atoms with Crippen molar-refractivity contribution in [2.75, 3.05) is 26.2 Å². The monoisotopic (exact) mass is 214 g/mol. The second-order valence-electron chi connectivity index (χ2n) is 3.24. The van der Waals surface area contributed by atoms with Crippen LogP contribution in [0.5, 0.6) is 0 Å². The van der Waals surface area contributed by atoms with Crippen LogP contribution < -0.4 is 5.73 Å². The summed E-state index contributed by atoms with van der Waals surface area (Å²) in [5.41, 5.74) is 5.12.